The van der Waals surface area contributed by atoms with Gasteiger partial charge in [-0.2, -0.15) is 0 Å². The first-order valence-corrected chi connectivity index (χ1v) is 11.4. The molecule has 12 heteroatoms. The van der Waals surface area contributed by atoms with Crippen LogP contribution in [0.4, 0.5) is 15.4 Å². The molecule has 2 aliphatic rings. The summed E-state index contributed by atoms with van der Waals surface area (Å²) in [6, 6.07) is 8.62. The van der Waals surface area contributed by atoms with Crippen LogP contribution in [0.25, 0.3) is 11.1 Å². The Labute approximate surface area is 205 Å². The number of nitrogens with one attached hydrogen (secondary N) is 3. The molecule has 4 heterocycles. The maximum atomic E-state index is 13.1. The number of aromatic nitrogens is 1. The van der Waals surface area contributed by atoms with E-state index in [9.17, 15) is 19.2 Å². The van der Waals surface area contributed by atoms with E-state index >= 15 is 0 Å². The maximum Gasteiger partial charge on any atom is 0.323 e. The van der Waals surface area contributed by atoms with Gasteiger partial charge in [0.05, 0.1) is 7.11 Å². The van der Waals surface area contributed by atoms with Gasteiger partial charge >= 0.3 is 12.1 Å². The molecule has 5 rings (SSSR count). The van der Waals surface area contributed by atoms with Gasteiger partial charge in [-0.1, -0.05) is 6.07 Å². The quantitative estimate of drug-likeness (QED) is 0.427. The molecule has 1 aromatic carbocycles. The van der Waals surface area contributed by atoms with Crippen LogP contribution in [0.1, 0.15) is 34.1 Å². The van der Waals surface area contributed by atoms with Crippen molar-refractivity contribution in [1.29, 1.82) is 0 Å². The van der Waals surface area contributed by atoms with Crippen molar-refractivity contribution in [2.24, 2.45) is 0 Å². The minimum absolute atomic E-state index is 0.0866. The van der Waals surface area contributed by atoms with Gasteiger partial charge in [0.1, 0.15) is 28.9 Å². The third-order valence-corrected chi connectivity index (χ3v) is 6.17. The van der Waals surface area contributed by atoms with Gasteiger partial charge < -0.3 is 24.7 Å². The Balaban J connectivity index is 1.42. The summed E-state index contributed by atoms with van der Waals surface area (Å²) in [6.07, 6.45) is 1.07. The summed E-state index contributed by atoms with van der Waals surface area (Å²) in [5.74, 6) is 1.19. The Morgan fingerprint density at radius 3 is 2.92 bits per heavy atom. The van der Waals surface area contributed by atoms with Gasteiger partial charge in [0.15, 0.2) is 5.58 Å². The lowest BCUT2D eigenvalue weighted by atomic mass is 10.1. The van der Waals surface area contributed by atoms with E-state index < -0.39 is 12.1 Å². The van der Waals surface area contributed by atoms with Gasteiger partial charge in [-0.15, -0.1) is 0 Å². The van der Waals surface area contributed by atoms with Crippen LogP contribution >= 0.6 is 0 Å². The first-order valence-electron chi connectivity index (χ1n) is 11.4. The number of hydrogen-bond acceptors (Lipinski definition) is 7. The molecule has 0 radical (unpaired) electrons. The van der Waals surface area contributed by atoms with Crippen LogP contribution in [-0.4, -0.2) is 61.0 Å². The topological polar surface area (TPSA) is 146 Å². The van der Waals surface area contributed by atoms with E-state index in [0.29, 0.717) is 53.6 Å². The number of urea groups is 2. The van der Waals surface area contributed by atoms with Crippen LogP contribution in [0.2, 0.25) is 0 Å². The molecule has 0 saturated carbocycles. The highest BCUT2D eigenvalue weighted by atomic mass is 16.5. The molecule has 3 aromatic rings. The summed E-state index contributed by atoms with van der Waals surface area (Å²) in [4.78, 5) is 56.0. The van der Waals surface area contributed by atoms with Gasteiger partial charge in [0.2, 0.25) is 6.41 Å². The molecule has 1 fully saturated rings. The van der Waals surface area contributed by atoms with E-state index in [1.54, 1.807) is 40.1 Å². The summed E-state index contributed by atoms with van der Waals surface area (Å²) in [5, 5.41) is 7.52. The molecule has 1 saturated heterocycles. The van der Waals surface area contributed by atoms with Crippen LogP contribution in [0.15, 0.2) is 40.8 Å². The third-order valence-electron chi connectivity index (χ3n) is 6.17. The fourth-order valence-corrected chi connectivity index (χ4v) is 4.40. The number of fused-ring (bicyclic) bond motifs is 2. The molecule has 186 valence electrons. The number of ether oxygens (including phenoxy) is 1. The number of benzene rings is 1. The molecular weight excluding hydrogens is 468 g/mol. The minimum Gasteiger partial charge on any atom is -0.497 e. The summed E-state index contributed by atoms with van der Waals surface area (Å²) in [6.45, 7) is 1.60. The zero-order valence-electron chi connectivity index (χ0n) is 19.4. The molecule has 36 heavy (non-hydrogen) atoms. The minimum atomic E-state index is -0.777. The second kappa shape index (κ2) is 9.56. The number of nitrogens with zero attached hydrogens (tertiary/aromatic N) is 3. The number of pyridine rings is 1. The Morgan fingerprint density at radius 1 is 1.28 bits per heavy atom. The van der Waals surface area contributed by atoms with Crippen molar-refractivity contribution in [2.45, 2.75) is 19.0 Å². The number of furan rings is 1. The van der Waals surface area contributed by atoms with Gasteiger partial charge in [-0.25, -0.2) is 14.6 Å². The SMILES string of the molecule is COc1ccc2c(c1)C(=O)N(C[C@H](NC(=O)NC=O)c1cc3nc(N4CCCNC4=O)ccc3o1)C2. The fourth-order valence-electron chi connectivity index (χ4n) is 4.40. The van der Waals surface area contributed by atoms with Crippen LogP contribution in [-0.2, 0) is 11.3 Å². The van der Waals surface area contributed by atoms with Gasteiger partial charge in [-0.05, 0) is 36.2 Å². The van der Waals surface area contributed by atoms with Crippen LogP contribution in [0, 0.1) is 0 Å². The standard InChI is InChI=1S/C24H24N6O6/c1-35-15-4-3-14-11-29(22(32)16(14)9-15)12-18(28-23(33)26-13-31)20-10-17-19(36-20)5-6-21(27-17)30-8-2-7-25-24(30)34/h3-6,9-10,13,18H,2,7-8,11-12H2,1H3,(H,25,34)(H2,26,28,31,33)/t18-/m0/s1. The van der Waals surface area contributed by atoms with Crippen LogP contribution in [0.3, 0.4) is 0 Å². The molecule has 2 aliphatic heterocycles. The Bertz CT molecular complexity index is 1350. The van der Waals surface area contributed by atoms with E-state index in [2.05, 4.69) is 15.6 Å². The number of amides is 6. The van der Waals surface area contributed by atoms with Gasteiger partial charge in [0.25, 0.3) is 5.91 Å². The van der Waals surface area contributed by atoms with Crippen LogP contribution < -0.4 is 25.6 Å². The lowest BCUT2D eigenvalue weighted by molar-refractivity contribution is -0.108. The highest BCUT2D eigenvalue weighted by molar-refractivity contribution is 5.99. The predicted octanol–water partition coefficient (Wildman–Crippen LogP) is 1.91. The molecule has 0 spiro atoms. The highest BCUT2D eigenvalue weighted by Crippen LogP contribution is 2.30. The molecule has 3 N–H and O–H groups in total. The number of methoxy groups -OCH3 is 1. The molecule has 6 amide bonds. The zero-order chi connectivity index (χ0) is 25.2. The fraction of sp³-hybridized carbons (Fsp3) is 0.292. The molecule has 0 aliphatic carbocycles. The monoisotopic (exact) mass is 492 g/mol. The smallest absolute Gasteiger partial charge is 0.323 e. The Hall–Kier alpha value is -4.61. The number of rotatable bonds is 7. The predicted molar refractivity (Wildman–Crippen MR) is 128 cm³/mol. The van der Waals surface area contributed by atoms with Crippen molar-refractivity contribution < 1.29 is 28.3 Å². The Kier molecular flexibility index (Phi) is 6.15. The number of imide groups is 1. The highest BCUT2D eigenvalue weighted by Gasteiger charge is 2.32. The molecule has 0 unspecified atom stereocenters. The Morgan fingerprint density at radius 2 is 2.14 bits per heavy atom. The van der Waals surface area contributed by atoms with Gasteiger partial charge in [0, 0.05) is 37.8 Å². The molecule has 1 atom stereocenters. The third kappa shape index (κ3) is 4.40. The van der Waals surface area contributed by atoms with Gasteiger partial charge in [-0.3, -0.25) is 19.8 Å². The van der Waals surface area contributed by atoms with Crippen LogP contribution in [0.5, 0.6) is 5.75 Å². The van der Waals surface area contributed by atoms with Crippen molar-refractivity contribution in [3.05, 3.63) is 53.3 Å². The molecule has 12 nitrogen and oxygen atoms in total. The summed E-state index contributed by atoms with van der Waals surface area (Å²) in [5.41, 5.74) is 2.31. The number of anilines is 1. The molecule has 0 bridgehead atoms. The largest absolute Gasteiger partial charge is 0.497 e. The van der Waals surface area contributed by atoms with E-state index in [1.807, 2.05) is 11.4 Å². The number of carbonyl (C=O) groups excluding carboxylic acids is 4. The lowest BCUT2D eigenvalue weighted by Gasteiger charge is -2.26. The van der Waals surface area contributed by atoms with Crippen molar-refractivity contribution in [3.63, 3.8) is 0 Å². The summed E-state index contributed by atoms with van der Waals surface area (Å²) >= 11 is 0. The maximum absolute atomic E-state index is 13.1. The molecule has 2 aromatic heterocycles. The van der Waals surface area contributed by atoms with Crippen molar-refractivity contribution >= 4 is 41.3 Å². The lowest BCUT2D eigenvalue weighted by Crippen LogP contribution is -2.46. The number of carbonyl (C=O) groups is 4. The van der Waals surface area contributed by atoms with Crippen molar-refractivity contribution in [1.82, 2.24) is 25.8 Å². The second-order valence-electron chi connectivity index (χ2n) is 8.44. The van der Waals surface area contributed by atoms with E-state index in [4.69, 9.17) is 9.15 Å². The van der Waals surface area contributed by atoms with Crippen molar-refractivity contribution in [2.75, 3.05) is 31.6 Å². The molecular formula is C24H24N6O6. The first kappa shape index (κ1) is 23.1. The summed E-state index contributed by atoms with van der Waals surface area (Å²) in [7, 11) is 1.53. The van der Waals surface area contributed by atoms with Crippen molar-refractivity contribution in [3.8, 4) is 5.75 Å². The second-order valence-corrected chi connectivity index (χ2v) is 8.44. The van der Waals surface area contributed by atoms with E-state index in [1.165, 1.54) is 7.11 Å². The van der Waals surface area contributed by atoms with E-state index in [-0.39, 0.29) is 24.9 Å². The first-order chi connectivity index (χ1) is 17.5. The van der Waals surface area contributed by atoms with E-state index in [0.717, 1.165) is 12.0 Å². The zero-order valence-corrected chi connectivity index (χ0v) is 19.4. The summed E-state index contributed by atoms with van der Waals surface area (Å²) < 4.78 is 11.2. The average molecular weight is 492 g/mol. The number of hydrogen-bond donors (Lipinski definition) is 3. The average Bonchev–Trinajstić information content (AvgIpc) is 3.44. The normalized spacial score (nSPS) is 15.9.